The van der Waals surface area contributed by atoms with Gasteiger partial charge in [0.25, 0.3) is 0 Å². The Morgan fingerprint density at radius 3 is 2.52 bits per heavy atom. The van der Waals surface area contributed by atoms with Crippen molar-refractivity contribution in [1.82, 2.24) is 0 Å². The third-order valence-electron chi connectivity index (χ3n) is 3.88. The summed E-state index contributed by atoms with van der Waals surface area (Å²) in [4.78, 5) is 12.5. The lowest BCUT2D eigenvalue weighted by Gasteiger charge is -2.18. The molecule has 0 radical (unpaired) electrons. The van der Waals surface area contributed by atoms with E-state index in [4.69, 9.17) is 10.00 Å². The summed E-state index contributed by atoms with van der Waals surface area (Å²) in [6.45, 7) is 1.77. The number of rotatable bonds is 6. The van der Waals surface area contributed by atoms with E-state index in [9.17, 15) is 4.79 Å². The summed E-state index contributed by atoms with van der Waals surface area (Å²) < 4.78 is 5.91. The fraction of sp³-hybridized carbons (Fsp3) is 0.0909. The van der Waals surface area contributed by atoms with E-state index in [2.05, 4.69) is 16.7 Å². The minimum Gasteiger partial charge on any atom is -0.455 e. The molecule has 5 nitrogen and oxygen atoms in total. The van der Waals surface area contributed by atoms with Crippen LogP contribution in [0.5, 0.6) is 11.5 Å². The molecule has 0 bridgehead atoms. The van der Waals surface area contributed by atoms with Crippen LogP contribution in [-0.2, 0) is 4.79 Å². The lowest BCUT2D eigenvalue weighted by molar-refractivity contribution is -0.116. The van der Waals surface area contributed by atoms with Crippen LogP contribution in [-0.4, -0.2) is 11.9 Å². The second kappa shape index (κ2) is 8.54. The molecule has 0 spiro atoms. The molecule has 0 unspecified atom stereocenters. The SMILES string of the molecule is C[C@@H](Nc1ccccc1Oc1ccccc1)C(=O)Nc1cccc(C#N)c1. The number of nitriles is 1. The molecule has 0 aromatic heterocycles. The number of para-hydroxylation sites is 3. The third-order valence-corrected chi connectivity index (χ3v) is 3.88. The fourth-order valence-electron chi connectivity index (χ4n) is 2.51. The van der Waals surface area contributed by atoms with E-state index in [1.165, 1.54) is 0 Å². The second-order valence-corrected chi connectivity index (χ2v) is 5.96. The average Bonchev–Trinajstić information content (AvgIpc) is 2.70. The summed E-state index contributed by atoms with van der Waals surface area (Å²) in [5.74, 6) is 1.15. The second-order valence-electron chi connectivity index (χ2n) is 5.96. The summed E-state index contributed by atoms with van der Waals surface area (Å²) in [5.41, 5.74) is 1.80. The predicted molar refractivity (Wildman–Crippen MR) is 106 cm³/mol. The number of carbonyl (C=O) groups is 1. The maximum atomic E-state index is 12.5. The molecule has 0 aliphatic heterocycles. The minimum absolute atomic E-state index is 0.209. The van der Waals surface area contributed by atoms with Gasteiger partial charge in [0.2, 0.25) is 5.91 Å². The van der Waals surface area contributed by atoms with Crippen LogP contribution in [0.25, 0.3) is 0 Å². The summed E-state index contributed by atoms with van der Waals surface area (Å²) in [6.07, 6.45) is 0. The van der Waals surface area contributed by atoms with Crippen molar-refractivity contribution in [1.29, 1.82) is 5.26 Å². The molecule has 0 saturated carbocycles. The predicted octanol–water partition coefficient (Wildman–Crippen LogP) is 4.79. The van der Waals surface area contributed by atoms with Crippen molar-refractivity contribution in [3.8, 4) is 17.6 Å². The maximum absolute atomic E-state index is 12.5. The number of hydrogen-bond acceptors (Lipinski definition) is 4. The van der Waals surface area contributed by atoms with Crippen molar-refractivity contribution in [2.45, 2.75) is 13.0 Å². The Kier molecular flexibility index (Phi) is 5.70. The summed E-state index contributed by atoms with van der Waals surface area (Å²) in [6, 6.07) is 25.3. The largest absolute Gasteiger partial charge is 0.455 e. The minimum atomic E-state index is -0.503. The number of anilines is 2. The first-order valence-corrected chi connectivity index (χ1v) is 8.55. The van der Waals surface area contributed by atoms with Crippen LogP contribution >= 0.6 is 0 Å². The van der Waals surface area contributed by atoms with Crippen molar-refractivity contribution in [2.24, 2.45) is 0 Å². The molecule has 3 aromatic rings. The normalized spacial score (nSPS) is 11.1. The van der Waals surface area contributed by atoms with Gasteiger partial charge in [-0.1, -0.05) is 36.4 Å². The third kappa shape index (κ3) is 4.86. The van der Waals surface area contributed by atoms with E-state index < -0.39 is 6.04 Å². The van der Waals surface area contributed by atoms with Crippen LogP contribution in [0.1, 0.15) is 12.5 Å². The molecule has 0 fully saturated rings. The van der Waals surface area contributed by atoms with E-state index in [1.54, 1.807) is 31.2 Å². The topological polar surface area (TPSA) is 74.2 Å². The van der Waals surface area contributed by atoms with Gasteiger partial charge in [-0.05, 0) is 49.4 Å². The molecule has 1 amide bonds. The highest BCUT2D eigenvalue weighted by molar-refractivity contribution is 5.96. The highest BCUT2D eigenvalue weighted by Crippen LogP contribution is 2.29. The van der Waals surface area contributed by atoms with Crippen LogP contribution in [0.4, 0.5) is 11.4 Å². The van der Waals surface area contributed by atoms with Gasteiger partial charge in [0.1, 0.15) is 11.8 Å². The van der Waals surface area contributed by atoms with Crippen molar-refractivity contribution < 1.29 is 9.53 Å². The van der Waals surface area contributed by atoms with E-state index in [1.807, 2.05) is 54.6 Å². The van der Waals surface area contributed by atoms with E-state index in [0.717, 1.165) is 11.4 Å². The van der Waals surface area contributed by atoms with Crippen molar-refractivity contribution in [3.05, 3.63) is 84.4 Å². The first kappa shape index (κ1) is 18.0. The zero-order valence-electron chi connectivity index (χ0n) is 14.8. The van der Waals surface area contributed by atoms with Gasteiger partial charge in [0.05, 0.1) is 17.3 Å². The molecule has 0 heterocycles. The lowest BCUT2D eigenvalue weighted by Crippen LogP contribution is -2.32. The van der Waals surface area contributed by atoms with Gasteiger partial charge in [-0.15, -0.1) is 0 Å². The molecule has 3 aromatic carbocycles. The molecule has 0 aliphatic rings. The van der Waals surface area contributed by atoms with Gasteiger partial charge in [-0.3, -0.25) is 4.79 Å². The standard InChI is InChI=1S/C22H19N3O2/c1-16(22(26)25-18-9-7-8-17(14-18)15-23)24-20-12-5-6-13-21(20)27-19-10-3-2-4-11-19/h2-14,16,24H,1H3,(H,25,26)/t16-/m1/s1. The van der Waals surface area contributed by atoms with Crippen LogP contribution in [0, 0.1) is 11.3 Å². The zero-order valence-corrected chi connectivity index (χ0v) is 14.8. The van der Waals surface area contributed by atoms with Gasteiger partial charge in [0.15, 0.2) is 5.75 Å². The highest BCUT2D eigenvalue weighted by Gasteiger charge is 2.15. The number of carbonyl (C=O) groups excluding carboxylic acids is 1. The van der Waals surface area contributed by atoms with Crippen molar-refractivity contribution >= 4 is 17.3 Å². The average molecular weight is 357 g/mol. The Bertz CT molecular complexity index is 965. The Balaban J connectivity index is 1.69. The Labute approximate surface area is 158 Å². The Morgan fingerprint density at radius 1 is 1.00 bits per heavy atom. The van der Waals surface area contributed by atoms with Crippen LogP contribution in [0.15, 0.2) is 78.9 Å². The van der Waals surface area contributed by atoms with Crippen molar-refractivity contribution in [3.63, 3.8) is 0 Å². The first-order chi connectivity index (χ1) is 13.2. The van der Waals surface area contributed by atoms with E-state index in [-0.39, 0.29) is 5.91 Å². The summed E-state index contributed by atoms with van der Waals surface area (Å²) in [5, 5.41) is 15.0. The molecule has 0 aliphatic carbocycles. The summed E-state index contributed by atoms with van der Waals surface area (Å²) in [7, 11) is 0. The molecule has 134 valence electrons. The number of amides is 1. The highest BCUT2D eigenvalue weighted by atomic mass is 16.5. The van der Waals surface area contributed by atoms with Crippen LogP contribution in [0.3, 0.4) is 0 Å². The van der Waals surface area contributed by atoms with Gasteiger partial charge in [-0.25, -0.2) is 0 Å². The van der Waals surface area contributed by atoms with E-state index in [0.29, 0.717) is 17.0 Å². The van der Waals surface area contributed by atoms with Crippen molar-refractivity contribution in [2.75, 3.05) is 10.6 Å². The van der Waals surface area contributed by atoms with Gasteiger partial charge < -0.3 is 15.4 Å². The Hall–Kier alpha value is -3.78. The summed E-state index contributed by atoms with van der Waals surface area (Å²) >= 11 is 0. The van der Waals surface area contributed by atoms with Gasteiger partial charge >= 0.3 is 0 Å². The van der Waals surface area contributed by atoms with Crippen LogP contribution < -0.4 is 15.4 Å². The number of benzene rings is 3. The van der Waals surface area contributed by atoms with Crippen LogP contribution in [0.2, 0.25) is 0 Å². The smallest absolute Gasteiger partial charge is 0.246 e. The molecule has 1 atom stereocenters. The molecule has 5 heteroatoms. The molecular weight excluding hydrogens is 338 g/mol. The first-order valence-electron chi connectivity index (χ1n) is 8.55. The van der Waals surface area contributed by atoms with Gasteiger partial charge in [-0.2, -0.15) is 5.26 Å². The zero-order chi connectivity index (χ0) is 19.1. The quantitative estimate of drug-likeness (QED) is 0.665. The monoisotopic (exact) mass is 357 g/mol. The number of ether oxygens (including phenoxy) is 1. The molecule has 0 saturated heterocycles. The number of hydrogen-bond donors (Lipinski definition) is 2. The van der Waals surface area contributed by atoms with E-state index >= 15 is 0 Å². The van der Waals surface area contributed by atoms with Gasteiger partial charge in [0, 0.05) is 5.69 Å². The molecule has 2 N–H and O–H groups in total. The lowest BCUT2D eigenvalue weighted by atomic mass is 10.2. The Morgan fingerprint density at radius 2 is 1.74 bits per heavy atom. The molecular formula is C22H19N3O2. The fourth-order valence-corrected chi connectivity index (χ4v) is 2.51. The molecule has 3 rings (SSSR count). The number of nitrogens with zero attached hydrogens (tertiary/aromatic N) is 1. The number of nitrogens with one attached hydrogen (secondary N) is 2. The maximum Gasteiger partial charge on any atom is 0.246 e. The molecule has 27 heavy (non-hydrogen) atoms.